The van der Waals surface area contributed by atoms with Crippen molar-refractivity contribution in [2.75, 3.05) is 20.2 Å². The van der Waals surface area contributed by atoms with Crippen molar-refractivity contribution in [3.8, 4) is 0 Å². The molecule has 0 fully saturated rings. The third kappa shape index (κ3) is 32.4. The molecule has 6 nitrogen and oxygen atoms in total. The molecule has 0 radical (unpaired) electrons. The molecule has 0 aliphatic carbocycles. The summed E-state index contributed by atoms with van der Waals surface area (Å²) in [6.45, 7) is 13.6. The van der Waals surface area contributed by atoms with Gasteiger partial charge in [0.05, 0.1) is 6.54 Å². The van der Waals surface area contributed by atoms with Gasteiger partial charge in [-0.1, -0.05) is 47.1 Å². The number of rotatable bonds is 8. The van der Waals surface area contributed by atoms with E-state index in [0.29, 0.717) is 24.9 Å². The Morgan fingerprint density at radius 1 is 1.26 bits per heavy atom. The van der Waals surface area contributed by atoms with Crippen LogP contribution in [0.3, 0.4) is 0 Å². The number of amides is 1. The molecule has 3 N–H and O–H groups in total. The first kappa shape index (κ1) is 30.0. The van der Waals surface area contributed by atoms with Gasteiger partial charge in [-0.25, -0.2) is 0 Å². The molecule has 1 aromatic rings. The lowest BCUT2D eigenvalue weighted by Crippen LogP contribution is -2.25. The van der Waals surface area contributed by atoms with E-state index in [1.807, 2.05) is 39.1 Å². The van der Waals surface area contributed by atoms with Crippen molar-refractivity contribution in [1.82, 2.24) is 15.6 Å². The summed E-state index contributed by atoms with van der Waals surface area (Å²) < 4.78 is 0. The van der Waals surface area contributed by atoms with Crippen LogP contribution in [-0.2, 0) is 9.59 Å². The van der Waals surface area contributed by atoms with Crippen LogP contribution >= 0.6 is 0 Å². The highest BCUT2D eigenvalue weighted by atomic mass is 16.2. The average molecular weight is 384 g/mol. The first-order valence-corrected chi connectivity index (χ1v) is 9.58. The Labute approximate surface area is 166 Å². The summed E-state index contributed by atoms with van der Waals surface area (Å²) in [6.07, 6.45) is 7.35. The lowest BCUT2D eigenvalue weighted by Gasteiger charge is -2.05. The maximum atomic E-state index is 11.0. The number of pyridine rings is 1. The van der Waals surface area contributed by atoms with E-state index in [1.165, 1.54) is 5.56 Å². The van der Waals surface area contributed by atoms with Gasteiger partial charge >= 0.3 is 0 Å². The number of hydrogen-bond acceptors (Lipinski definition) is 5. The number of unbranched alkanes of at least 4 members (excludes halogenated alkanes) is 1. The number of aldehydes is 1. The molecule has 0 saturated carbocycles. The Kier molecular flexibility index (Phi) is 26.9. The molecule has 0 bridgehead atoms. The fourth-order valence-electron chi connectivity index (χ4n) is 1.58. The molecule has 1 rings (SSSR count). The van der Waals surface area contributed by atoms with E-state index in [4.69, 9.17) is 5.11 Å². The molecular formula is C21H41N3O3. The van der Waals surface area contributed by atoms with E-state index in [9.17, 15) is 9.59 Å². The zero-order valence-corrected chi connectivity index (χ0v) is 18.3. The molecule has 158 valence electrons. The van der Waals surface area contributed by atoms with E-state index >= 15 is 0 Å². The fourth-order valence-corrected chi connectivity index (χ4v) is 1.58. The molecule has 0 unspecified atom stereocenters. The van der Waals surface area contributed by atoms with Crippen LogP contribution in [-0.4, -0.2) is 48.5 Å². The van der Waals surface area contributed by atoms with Crippen molar-refractivity contribution in [3.05, 3.63) is 30.1 Å². The number of aliphatic hydroxyl groups excluding tert-OH is 1. The Morgan fingerprint density at radius 3 is 2.19 bits per heavy atom. The molecule has 27 heavy (non-hydrogen) atoms. The average Bonchev–Trinajstić information content (AvgIpc) is 2.63. The van der Waals surface area contributed by atoms with Gasteiger partial charge in [0, 0.05) is 38.5 Å². The van der Waals surface area contributed by atoms with Crippen LogP contribution in [0.15, 0.2) is 24.5 Å². The summed E-state index contributed by atoms with van der Waals surface area (Å²) in [7, 11) is 1.00. The molecule has 0 aromatic carbocycles. The van der Waals surface area contributed by atoms with Gasteiger partial charge in [0.2, 0.25) is 5.91 Å². The SMILES string of the molecule is CC(C)NCC=O.CCCCNC(=O)CC(C)C.CO.Cc1cccnc1. The van der Waals surface area contributed by atoms with Crippen molar-refractivity contribution < 1.29 is 14.7 Å². The van der Waals surface area contributed by atoms with Crippen LogP contribution in [0, 0.1) is 12.8 Å². The highest BCUT2D eigenvalue weighted by molar-refractivity contribution is 5.75. The molecule has 0 saturated heterocycles. The normalized spacial score (nSPS) is 9.11. The minimum Gasteiger partial charge on any atom is -0.400 e. The van der Waals surface area contributed by atoms with Crippen LogP contribution in [0.4, 0.5) is 0 Å². The van der Waals surface area contributed by atoms with Crippen LogP contribution in [0.2, 0.25) is 0 Å². The van der Waals surface area contributed by atoms with Gasteiger partial charge in [-0.2, -0.15) is 0 Å². The van der Waals surface area contributed by atoms with Crippen LogP contribution in [0.1, 0.15) is 59.4 Å². The standard InChI is InChI=1S/C9H19NO.C6H7N.C5H11NO.CH4O/c1-4-5-6-10-9(11)7-8(2)3;1-6-3-2-4-7-5-6;1-5(2)6-3-4-7;1-2/h8H,4-7H2,1-3H3,(H,10,11);2-5H,1H3;4-6H,3H2,1-2H3;2H,1H3. The summed E-state index contributed by atoms with van der Waals surface area (Å²) in [4.78, 5) is 24.5. The van der Waals surface area contributed by atoms with Gasteiger partial charge in [-0.3, -0.25) is 9.78 Å². The molecule has 6 heteroatoms. The number of carbonyl (C=O) groups excluding carboxylic acids is 2. The Hall–Kier alpha value is -1.79. The highest BCUT2D eigenvalue weighted by Gasteiger charge is 2.02. The summed E-state index contributed by atoms with van der Waals surface area (Å²) in [5, 5.41) is 12.8. The van der Waals surface area contributed by atoms with Crippen molar-refractivity contribution in [1.29, 1.82) is 0 Å². The van der Waals surface area contributed by atoms with Crippen molar-refractivity contribution >= 4 is 12.2 Å². The summed E-state index contributed by atoms with van der Waals surface area (Å²) >= 11 is 0. The second-order valence-electron chi connectivity index (χ2n) is 6.56. The summed E-state index contributed by atoms with van der Waals surface area (Å²) in [6, 6.07) is 4.37. The number of nitrogens with zero attached hydrogens (tertiary/aromatic N) is 1. The topological polar surface area (TPSA) is 91.3 Å². The van der Waals surface area contributed by atoms with E-state index < -0.39 is 0 Å². The highest BCUT2D eigenvalue weighted by Crippen LogP contribution is 1.97. The van der Waals surface area contributed by atoms with Crippen molar-refractivity contribution in [3.63, 3.8) is 0 Å². The Balaban J connectivity index is -0.000000316. The largest absolute Gasteiger partial charge is 0.400 e. The fraction of sp³-hybridized carbons (Fsp3) is 0.667. The number of aromatic nitrogens is 1. The van der Waals surface area contributed by atoms with Gasteiger partial charge in [-0.15, -0.1) is 0 Å². The number of hydrogen-bond donors (Lipinski definition) is 3. The molecular weight excluding hydrogens is 342 g/mol. The first-order chi connectivity index (χ1) is 12.8. The van der Waals surface area contributed by atoms with Crippen LogP contribution < -0.4 is 10.6 Å². The van der Waals surface area contributed by atoms with E-state index in [0.717, 1.165) is 32.8 Å². The zero-order chi connectivity index (χ0) is 21.5. The maximum Gasteiger partial charge on any atom is 0.220 e. The molecule has 0 atom stereocenters. The molecule has 0 spiro atoms. The monoisotopic (exact) mass is 383 g/mol. The van der Waals surface area contributed by atoms with Gasteiger partial charge in [0.15, 0.2) is 0 Å². The second kappa shape index (κ2) is 24.2. The minimum atomic E-state index is 0.188. The van der Waals surface area contributed by atoms with E-state index in [1.54, 1.807) is 6.20 Å². The van der Waals surface area contributed by atoms with Crippen LogP contribution in [0.25, 0.3) is 0 Å². The van der Waals surface area contributed by atoms with Gasteiger partial charge in [0.1, 0.15) is 6.29 Å². The van der Waals surface area contributed by atoms with E-state index in [-0.39, 0.29) is 5.91 Å². The molecule has 1 aromatic heterocycles. The predicted molar refractivity (Wildman–Crippen MR) is 114 cm³/mol. The molecule has 1 heterocycles. The van der Waals surface area contributed by atoms with Gasteiger partial charge in [0.25, 0.3) is 0 Å². The first-order valence-electron chi connectivity index (χ1n) is 9.58. The van der Waals surface area contributed by atoms with Crippen LogP contribution in [0.5, 0.6) is 0 Å². The van der Waals surface area contributed by atoms with Gasteiger partial charge < -0.3 is 20.5 Å². The van der Waals surface area contributed by atoms with Crippen molar-refractivity contribution in [2.45, 2.75) is 66.8 Å². The zero-order valence-electron chi connectivity index (χ0n) is 18.3. The predicted octanol–water partition coefficient (Wildman–Crippen LogP) is 3.13. The number of aryl methyl sites for hydroxylation is 1. The number of nitrogens with one attached hydrogen (secondary N) is 2. The number of carbonyl (C=O) groups is 2. The lowest BCUT2D eigenvalue weighted by atomic mass is 10.1. The summed E-state index contributed by atoms with van der Waals surface area (Å²) in [5.74, 6) is 0.657. The molecule has 0 aliphatic rings. The maximum absolute atomic E-state index is 11.0. The molecule has 0 aliphatic heterocycles. The van der Waals surface area contributed by atoms with E-state index in [2.05, 4.69) is 36.4 Å². The Bertz CT molecular complexity index is 424. The quantitative estimate of drug-likeness (QED) is 0.474. The van der Waals surface area contributed by atoms with Gasteiger partial charge in [-0.05, 0) is 30.9 Å². The lowest BCUT2D eigenvalue weighted by molar-refractivity contribution is -0.121. The summed E-state index contributed by atoms with van der Waals surface area (Å²) in [5.41, 5.74) is 1.21. The smallest absolute Gasteiger partial charge is 0.220 e. The second-order valence-corrected chi connectivity index (χ2v) is 6.56. The molecule has 1 amide bonds. The Morgan fingerprint density at radius 2 is 1.89 bits per heavy atom. The minimum absolute atomic E-state index is 0.188. The number of aliphatic hydroxyl groups is 1. The third-order valence-electron chi connectivity index (χ3n) is 2.86. The third-order valence-corrected chi connectivity index (χ3v) is 2.86. The van der Waals surface area contributed by atoms with Crippen molar-refractivity contribution in [2.24, 2.45) is 5.92 Å².